The van der Waals surface area contributed by atoms with Crippen molar-refractivity contribution in [1.82, 2.24) is 0 Å². The van der Waals surface area contributed by atoms with Crippen molar-refractivity contribution in [1.29, 1.82) is 0 Å². The molecule has 0 unspecified atom stereocenters. The van der Waals surface area contributed by atoms with E-state index >= 15 is 0 Å². The number of carbonyl (C=O) groups excluding carboxylic acids is 2. The molecular formula is C26H22O5. The molecule has 1 aliphatic rings. The van der Waals surface area contributed by atoms with Gasteiger partial charge in [0, 0.05) is 11.6 Å². The maximum Gasteiger partial charge on any atom is 0.232 e. The van der Waals surface area contributed by atoms with Crippen LogP contribution in [0.4, 0.5) is 0 Å². The van der Waals surface area contributed by atoms with Crippen LogP contribution in [0, 0.1) is 13.8 Å². The van der Waals surface area contributed by atoms with Crippen molar-refractivity contribution >= 4 is 17.6 Å². The minimum atomic E-state index is -0.156. The number of Topliss-reactive ketones (excluding diaryl/α,β-unsaturated/α-hetero) is 2. The first-order chi connectivity index (χ1) is 15.0. The van der Waals surface area contributed by atoms with E-state index in [9.17, 15) is 9.59 Å². The Morgan fingerprint density at radius 2 is 1.71 bits per heavy atom. The molecule has 0 radical (unpaired) electrons. The number of allylic oxidation sites excluding steroid dienone is 1. The van der Waals surface area contributed by atoms with Gasteiger partial charge in [-0.1, -0.05) is 24.3 Å². The molecule has 156 valence electrons. The summed E-state index contributed by atoms with van der Waals surface area (Å²) in [6, 6.07) is 18.0. The molecule has 0 bridgehead atoms. The molecule has 0 N–H and O–H groups in total. The quantitative estimate of drug-likeness (QED) is 0.410. The van der Waals surface area contributed by atoms with Gasteiger partial charge in [0.25, 0.3) is 0 Å². The van der Waals surface area contributed by atoms with Gasteiger partial charge in [-0.05, 0) is 66.9 Å². The number of fused-ring (bicyclic) bond motifs is 1. The van der Waals surface area contributed by atoms with Crippen LogP contribution in [0.3, 0.4) is 0 Å². The normalized spacial score (nSPS) is 13.6. The molecule has 31 heavy (non-hydrogen) atoms. The largest absolute Gasteiger partial charge is 0.497 e. The number of hydrogen-bond acceptors (Lipinski definition) is 5. The highest BCUT2D eigenvalue weighted by atomic mass is 16.5. The van der Waals surface area contributed by atoms with E-state index in [1.54, 1.807) is 49.6 Å². The van der Waals surface area contributed by atoms with Crippen molar-refractivity contribution in [2.45, 2.75) is 13.8 Å². The molecule has 0 saturated carbocycles. The molecule has 5 heteroatoms. The van der Waals surface area contributed by atoms with E-state index in [-0.39, 0.29) is 23.9 Å². The smallest absolute Gasteiger partial charge is 0.232 e. The van der Waals surface area contributed by atoms with E-state index in [1.807, 2.05) is 38.1 Å². The lowest BCUT2D eigenvalue weighted by molar-refractivity contribution is 0.0920. The summed E-state index contributed by atoms with van der Waals surface area (Å²) in [5, 5.41) is 0. The van der Waals surface area contributed by atoms with E-state index < -0.39 is 0 Å². The summed E-state index contributed by atoms with van der Waals surface area (Å²) in [6.07, 6.45) is 1.75. The first-order valence-corrected chi connectivity index (χ1v) is 9.91. The number of methoxy groups -OCH3 is 1. The van der Waals surface area contributed by atoms with E-state index in [2.05, 4.69) is 0 Å². The maximum absolute atomic E-state index is 12.8. The molecule has 0 aromatic heterocycles. The van der Waals surface area contributed by atoms with Gasteiger partial charge in [0.05, 0.1) is 12.7 Å². The molecule has 1 heterocycles. The second-order valence-corrected chi connectivity index (χ2v) is 7.35. The van der Waals surface area contributed by atoms with Crippen LogP contribution in [-0.4, -0.2) is 25.3 Å². The maximum atomic E-state index is 12.8. The SMILES string of the molecule is COc1ccc(C(=O)COc2cc(C)c3c(c2)O/C(=C\c2ccccc2C)C3=O)cc1. The van der Waals surface area contributed by atoms with Crippen molar-refractivity contribution in [2.75, 3.05) is 13.7 Å². The van der Waals surface area contributed by atoms with Gasteiger partial charge < -0.3 is 14.2 Å². The van der Waals surface area contributed by atoms with Crippen molar-refractivity contribution in [3.05, 3.63) is 94.2 Å². The number of aryl methyl sites for hydroxylation is 2. The number of hydrogen-bond donors (Lipinski definition) is 0. The van der Waals surface area contributed by atoms with Gasteiger partial charge in [0.2, 0.25) is 5.78 Å². The van der Waals surface area contributed by atoms with Crippen LogP contribution in [0.2, 0.25) is 0 Å². The average Bonchev–Trinajstić information content (AvgIpc) is 3.09. The van der Waals surface area contributed by atoms with Crippen LogP contribution in [0.1, 0.15) is 37.4 Å². The fraction of sp³-hybridized carbons (Fsp3) is 0.154. The number of ketones is 2. The fourth-order valence-electron chi connectivity index (χ4n) is 3.46. The van der Waals surface area contributed by atoms with Crippen molar-refractivity contribution in [2.24, 2.45) is 0 Å². The fourth-order valence-corrected chi connectivity index (χ4v) is 3.46. The molecule has 1 aliphatic heterocycles. The van der Waals surface area contributed by atoms with Crippen molar-refractivity contribution < 1.29 is 23.8 Å². The Bertz CT molecular complexity index is 1190. The molecule has 0 aliphatic carbocycles. The van der Waals surface area contributed by atoms with Crippen LogP contribution >= 0.6 is 0 Å². The summed E-state index contributed by atoms with van der Waals surface area (Å²) in [5.41, 5.74) is 3.78. The molecule has 0 amide bonds. The van der Waals surface area contributed by atoms with Crippen molar-refractivity contribution in [3.8, 4) is 17.2 Å². The second-order valence-electron chi connectivity index (χ2n) is 7.35. The summed E-state index contributed by atoms with van der Waals surface area (Å²) in [5.74, 6) is 1.57. The van der Waals surface area contributed by atoms with Gasteiger partial charge in [-0.25, -0.2) is 0 Å². The Balaban J connectivity index is 1.51. The molecular weight excluding hydrogens is 392 g/mol. The Morgan fingerprint density at radius 3 is 2.42 bits per heavy atom. The van der Waals surface area contributed by atoms with Crippen LogP contribution in [-0.2, 0) is 0 Å². The minimum absolute atomic E-state index is 0.121. The van der Waals surface area contributed by atoms with Gasteiger partial charge in [0.15, 0.2) is 18.1 Å². The summed E-state index contributed by atoms with van der Waals surface area (Å²) >= 11 is 0. The predicted octanol–water partition coefficient (Wildman–Crippen LogP) is 5.19. The third kappa shape index (κ3) is 4.21. The summed E-state index contributed by atoms with van der Waals surface area (Å²) in [7, 11) is 1.57. The van der Waals surface area contributed by atoms with Gasteiger partial charge in [-0.15, -0.1) is 0 Å². The zero-order valence-corrected chi connectivity index (χ0v) is 17.6. The van der Waals surface area contributed by atoms with Gasteiger partial charge in [-0.2, -0.15) is 0 Å². The number of rotatable bonds is 6. The standard InChI is InChI=1S/C26H22O5/c1-16-6-4-5-7-19(16)13-24-26(28)25-17(2)12-21(14-23(25)31-24)30-15-22(27)18-8-10-20(29-3)11-9-18/h4-14H,15H2,1-3H3/b24-13-. The molecule has 0 atom stereocenters. The van der Waals surface area contributed by atoms with E-state index in [1.165, 1.54) is 0 Å². The van der Waals surface area contributed by atoms with Crippen molar-refractivity contribution in [3.63, 3.8) is 0 Å². The Labute approximate surface area is 180 Å². The summed E-state index contributed by atoms with van der Waals surface area (Å²) in [4.78, 5) is 25.3. The first kappa shape index (κ1) is 20.4. The third-order valence-electron chi connectivity index (χ3n) is 5.20. The molecule has 4 rings (SSSR count). The number of benzene rings is 3. The summed E-state index contributed by atoms with van der Waals surface area (Å²) in [6.45, 7) is 3.69. The molecule has 3 aromatic carbocycles. The lowest BCUT2D eigenvalue weighted by Gasteiger charge is -2.09. The van der Waals surface area contributed by atoms with E-state index in [4.69, 9.17) is 14.2 Å². The lowest BCUT2D eigenvalue weighted by Crippen LogP contribution is -2.11. The van der Waals surface area contributed by atoms with E-state index in [0.29, 0.717) is 28.4 Å². The highest BCUT2D eigenvalue weighted by Gasteiger charge is 2.30. The molecule has 0 saturated heterocycles. The van der Waals surface area contributed by atoms with Gasteiger partial charge in [-0.3, -0.25) is 9.59 Å². The Kier molecular flexibility index (Phi) is 5.58. The minimum Gasteiger partial charge on any atom is -0.497 e. The lowest BCUT2D eigenvalue weighted by atomic mass is 10.0. The second kappa shape index (κ2) is 8.48. The Hall–Kier alpha value is -3.86. The number of ether oxygens (including phenoxy) is 3. The van der Waals surface area contributed by atoms with Crippen LogP contribution in [0.5, 0.6) is 17.2 Å². The average molecular weight is 414 g/mol. The molecule has 0 fully saturated rings. The zero-order valence-electron chi connectivity index (χ0n) is 17.6. The third-order valence-corrected chi connectivity index (χ3v) is 5.20. The van der Waals surface area contributed by atoms with Crippen LogP contribution in [0.25, 0.3) is 6.08 Å². The monoisotopic (exact) mass is 414 g/mol. The van der Waals surface area contributed by atoms with E-state index in [0.717, 1.165) is 16.7 Å². The highest BCUT2D eigenvalue weighted by molar-refractivity contribution is 6.15. The van der Waals surface area contributed by atoms with Gasteiger partial charge in [0.1, 0.15) is 17.2 Å². The molecule has 5 nitrogen and oxygen atoms in total. The van der Waals surface area contributed by atoms with Gasteiger partial charge >= 0.3 is 0 Å². The first-order valence-electron chi connectivity index (χ1n) is 9.91. The van der Waals surface area contributed by atoms with Crippen LogP contribution < -0.4 is 14.2 Å². The Morgan fingerprint density at radius 1 is 0.968 bits per heavy atom. The van der Waals surface area contributed by atoms with Crippen LogP contribution in [0.15, 0.2) is 66.4 Å². The predicted molar refractivity (Wildman–Crippen MR) is 118 cm³/mol. The zero-order chi connectivity index (χ0) is 22.0. The summed E-state index contributed by atoms with van der Waals surface area (Å²) < 4.78 is 16.7. The highest BCUT2D eigenvalue weighted by Crippen LogP contribution is 2.37. The topological polar surface area (TPSA) is 61.8 Å². The molecule has 0 spiro atoms. The number of carbonyl (C=O) groups is 2. The molecule has 3 aromatic rings.